The Kier molecular flexibility index (Phi) is 4.09. The standard InChI is InChI=1S/C12H19N5O/c1-3-14-12(18)10-8-13-4-5-17(10)11-6-9(2)7-15-16-11/h6-7,10,13H,3-5,8H2,1-2H3,(H,14,18). The lowest BCUT2D eigenvalue weighted by Crippen LogP contribution is -2.58. The van der Waals surface area contributed by atoms with Gasteiger partial charge in [0, 0.05) is 26.2 Å². The number of hydrogen-bond acceptors (Lipinski definition) is 5. The van der Waals surface area contributed by atoms with E-state index in [1.54, 1.807) is 6.20 Å². The van der Waals surface area contributed by atoms with Gasteiger partial charge < -0.3 is 15.5 Å². The van der Waals surface area contributed by atoms with E-state index >= 15 is 0 Å². The Morgan fingerprint density at radius 3 is 3.22 bits per heavy atom. The van der Waals surface area contributed by atoms with Gasteiger partial charge in [0.15, 0.2) is 5.82 Å². The Morgan fingerprint density at radius 1 is 1.67 bits per heavy atom. The van der Waals surface area contributed by atoms with Crippen molar-refractivity contribution in [2.45, 2.75) is 19.9 Å². The molecule has 18 heavy (non-hydrogen) atoms. The van der Waals surface area contributed by atoms with E-state index in [1.807, 2.05) is 24.8 Å². The van der Waals surface area contributed by atoms with E-state index in [1.165, 1.54) is 0 Å². The average Bonchev–Trinajstić information content (AvgIpc) is 2.39. The first kappa shape index (κ1) is 12.8. The van der Waals surface area contributed by atoms with Gasteiger partial charge in [0.2, 0.25) is 5.91 Å². The van der Waals surface area contributed by atoms with Crippen molar-refractivity contribution in [1.29, 1.82) is 0 Å². The van der Waals surface area contributed by atoms with Crippen molar-refractivity contribution in [2.75, 3.05) is 31.1 Å². The van der Waals surface area contributed by atoms with Crippen molar-refractivity contribution in [2.24, 2.45) is 0 Å². The number of carbonyl (C=O) groups is 1. The van der Waals surface area contributed by atoms with E-state index in [9.17, 15) is 4.79 Å². The lowest BCUT2D eigenvalue weighted by molar-refractivity contribution is -0.122. The molecule has 98 valence electrons. The molecule has 1 aromatic heterocycles. The monoisotopic (exact) mass is 249 g/mol. The third-order valence-corrected chi connectivity index (χ3v) is 2.97. The number of aromatic nitrogens is 2. The Bertz CT molecular complexity index is 423. The number of amides is 1. The summed E-state index contributed by atoms with van der Waals surface area (Å²) in [6.45, 7) is 6.79. The van der Waals surface area contributed by atoms with Gasteiger partial charge in [-0.15, -0.1) is 5.10 Å². The maximum atomic E-state index is 12.0. The van der Waals surface area contributed by atoms with E-state index in [4.69, 9.17) is 0 Å². The summed E-state index contributed by atoms with van der Waals surface area (Å²) < 4.78 is 0. The summed E-state index contributed by atoms with van der Waals surface area (Å²) in [5, 5.41) is 14.2. The molecule has 1 atom stereocenters. The minimum absolute atomic E-state index is 0.0352. The molecular weight excluding hydrogens is 230 g/mol. The second kappa shape index (κ2) is 5.77. The molecule has 0 aliphatic carbocycles. The molecule has 1 amide bonds. The Labute approximate surface area is 107 Å². The summed E-state index contributed by atoms with van der Waals surface area (Å²) in [5.74, 6) is 0.806. The van der Waals surface area contributed by atoms with Gasteiger partial charge in [0.05, 0.1) is 6.20 Å². The fourth-order valence-corrected chi connectivity index (χ4v) is 2.09. The first-order valence-corrected chi connectivity index (χ1v) is 6.26. The second-order valence-corrected chi connectivity index (χ2v) is 4.40. The van der Waals surface area contributed by atoms with Crippen molar-refractivity contribution < 1.29 is 4.79 Å². The van der Waals surface area contributed by atoms with Crippen LogP contribution in [0.15, 0.2) is 12.3 Å². The van der Waals surface area contributed by atoms with Crippen molar-refractivity contribution in [3.05, 3.63) is 17.8 Å². The first-order valence-electron chi connectivity index (χ1n) is 6.26. The zero-order valence-electron chi connectivity index (χ0n) is 10.8. The number of likely N-dealkylation sites (N-methyl/N-ethyl adjacent to an activating group) is 1. The average molecular weight is 249 g/mol. The molecule has 2 rings (SSSR count). The van der Waals surface area contributed by atoms with Gasteiger partial charge >= 0.3 is 0 Å². The first-order chi connectivity index (χ1) is 8.72. The van der Waals surface area contributed by atoms with Crippen LogP contribution in [0.4, 0.5) is 5.82 Å². The summed E-state index contributed by atoms with van der Waals surface area (Å²) in [6.07, 6.45) is 1.72. The summed E-state index contributed by atoms with van der Waals surface area (Å²) in [4.78, 5) is 14.0. The smallest absolute Gasteiger partial charge is 0.244 e. The molecule has 1 aliphatic heterocycles. The van der Waals surface area contributed by atoms with Crippen LogP contribution in [0.3, 0.4) is 0 Å². The molecule has 0 spiro atoms. The molecule has 1 unspecified atom stereocenters. The Morgan fingerprint density at radius 2 is 2.50 bits per heavy atom. The van der Waals surface area contributed by atoms with Gasteiger partial charge in [0.1, 0.15) is 6.04 Å². The number of carbonyl (C=O) groups excluding carboxylic acids is 1. The highest BCUT2D eigenvalue weighted by Gasteiger charge is 2.29. The number of hydrogen-bond donors (Lipinski definition) is 2. The summed E-state index contributed by atoms with van der Waals surface area (Å²) in [5.41, 5.74) is 1.05. The minimum atomic E-state index is -0.213. The molecule has 1 saturated heterocycles. The van der Waals surface area contributed by atoms with E-state index in [-0.39, 0.29) is 11.9 Å². The summed E-state index contributed by atoms with van der Waals surface area (Å²) >= 11 is 0. The van der Waals surface area contributed by atoms with Gasteiger partial charge in [-0.3, -0.25) is 4.79 Å². The summed E-state index contributed by atoms with van der Waals surface area (Å²) in [6, 6.07) is 1.75. The van der Waals surface area contributed by atoms with Crippen LogP contribution in [0.25, 0.3) is 0 Å². The van der Waals surface area contributed by atoms with E-state index in [2.05, 4.69) is 20.8 Å². The van der Waals surface area contributed by atoms with E-state index < -0.39 is 0 Å². The van der Waals surface area contributed by atoms with Gasteiger partial charge in [-0.25, -0.2) is 0 Å². The number of nitrogens with zero attached hydrogens (tertiary/aromatic N) is 3. The highest BCUT2D eigenvalue weighted by Crippen LogP contribution is 2.15. The second-order valence-electron chi connectivity index (χ2n) is 4.40. The lowest BCUT2D eigenvalue weighted by atomic mass is 10.1. The Hall–Kier alpha value is -1.69. The largest absolute Gasteiger partial charge is 0.355 e. The maximum absolute atomic E-state index is 12.0. The molecule has 6 heteroatoms. The minimum Gasteiger partial charge on any atom is -0.355 e. The predicted molar refractivity (Wildman–Crippen MR) is 69.5 cm³/mol. The van der Waals surface area contributed by atoms with Gasteiger partial charge in [-0.05, 0) is 25.5 Å². The number of aryl methyl sites for hydroxylation is 1. The quantitative estimate of drug-likeness (QED) is 0.769. The fraction of sp³-hybridized carbons (Fsp3) is 0.583. The molecule has 1 aromatic rings. The topological polar surface area (TPSA) is 70.2 Å². The van der Waals surface area contributed by atoms with E-state index in [0.29, 0.717) is 13.1 Å². The van der Waals surface area contributed by atoms with Crippen molar-refractivity contribution >= 4 is 11.7 Å². The number of piperazine rings is 1. The van der Waals surface area contributed by atoms with Crippen molar-refractivity contribution in [1.82, 2.24) is 20.8 Å². The highest BCUT2D eigenvalue weighted by atomic mass is 16.2. The SMILES string of the molecule is CCNC(=O)C1CNCCN1c1cc(C)cnn1. The van der Waals surface area contributed by atoms with Gasteiger partial charge in [-0.1, -0.05) is 0 Å². The van der Waals surface area contributed by atoms with Crippen LogP contribution >= 0.6 is 0 Å². The molecule has 0 aromatic carbocycles. The zero-order valence-corrected chi connectivity index (χ0v) is 10.8. The van der Waals surface area contributed by atoms with Crippen LogP contribution in [-0.4, -0.2) is 48.3 Å². The van der Waals surface area contributed by atoms with Crippen LogP contribution in [-0.2, 0) is 4.79 Å². The molecule has 1 fully saturated rings. The van der Waals surface area contributed by atoms with Gasteiger partial charge in [0.25, 0.3) is 0 Å². The Balaban J connectivity index is 2.20. The molecule has 0 saturated carbocycles. The number of nitrogens with one attached hydrogen (secondary N) is 2. The van der Waals surface area contributed by atoms with Crippen LogP contribution in [0.1, 0.15) is 12.5 Å². The third kappa shape index (κ3) is 2.76. The highest BCUT2D eigenvalue weighted by molar-refractivity contribution is 5.85. The maximum Gasteiger partial charge on any atom is 0.244 e. The fourth-order valence-electron chi connectivity index (χ4n) is 2.09. The van der Waals surface area contributed by atoms with Crippen molar-refractivity contribution in [3.63, 3.8) is 0 Å². The third-order valence-electron chi connectivity index (χ3n) is 2.97. The van der Waals surface area contributed by atoms with Gasteiger partial charge in [-0.2, -0.15) is 5.10 Å². The summed E-state index contributed by atoms with van der Waals surface area (Å²) in [7, 11) is 0. The van der Waals surface area contributed by atoms with Crippen LogP contribution in [0, 0.1) is 6.92 Å². The normalized spacial score (nSPS) is 19.7. The molecule has 0 radical (unpaired) electrons. The lowest BCUT2D eigenvalue weighted by Gasteiger charge is -2.35. The van der Waals surface area contributed by atoms with Crippen LogP contribution in [0.5, 0.6) is 0 Å². The van der Waals surface area contributed by atoms with E-state index in [0.717, 1.165) is 24.5 Å². The molecule has 1 aliphatic rings. The molecule has 2 heterocycles. The molecule has 0 bridgehead atoms. The van der Waals surface area contributed by atoms with Crippen molar-refractivity contribution in [3.8, 4) is 0 Å². The molecule has 2 N–H and O–H groups in total. The van der Waals surface area contributed by atoms with Crippen LogP contribution < -0.4 is 15.5 Å². The molecular formula is C12H19N5O. The molecule has 6 nitrogen and oxygen atoms in total. The number of anilines is 1. The predicted octanol–water partition coefficient (Wildman–Crippen LogP) is -0.301. The zero-order chi connectivity index (χ0) is 13.0. The van der Waals surface area contributed by atoms with Crippen LogP contribution in [0.2, 0.25) is 0 Å². The number of rotatable bonds is 3.